The van der Waals surface area contributed by atoms with Gasteiger partial charge in [-0.25, -0.2) is 0 Å². The largest absolute Gasteiger partial charge is 0.374 e. The number of unbranched alkanes of at least 4 members (excludes halogenated alkanes) is 24. The van der Waals surface area contributed by atoms with Crippen LogP contribution >= 0.6 is 0 Å². The van der Waals surface area contributed by atoms with E-state index >= 15 is 0 Å². The maximum atomic E-state index is 6.36. The number of nitrogens with one attached hydrogen (secondary N) is 2. The SMILES string of the molecule is CCCCCCCC/C=C\CCCCCCCCOC(CNC)C(CNC)OCCCCCCCC/C=C\CCCCCCCC. The van der Waals surface area contributed by atoms with Gasteiger partial charge in [-0.05, 0) is 78.3 Å². The number of rotatable bonds is 39. The molecule has 2 N–H and O–H groups in total. The first kappa shape index (κ1) is 45.3. The summed E-state index contributed by atoms with van der Waals surface area (Å²) in [6, 6.07) is 0. The first-order valence-corrected chi connectivity index (χ1v) is 20.6. The Hall–Kier alpha value is -0.680. The number of hydrogen-bond donors (Lipinski definition) is 2. The summed E-state index contributed by atoms with van der Waals surface area (Å²) in [6.07, 6.45) is 47.3. The van der Waals surface area contributed by atoms with Crippen LogP contribution in [0.1, 0.15) is 194 Å². The van der Waals surface area contributed by atoms with Gasteiger partial charge in [-0.15, -0.1) is 0 Å². The molecule has 0 aromatic heterocycles. The van der Waals surface area contributed by atoms with Gasteiger partial charge in [0, 0.05) is 26.3 Å². The highest BCUT2D eigenvalue weighted by Crippen LogP contribution is 2.13. The third kappa shape index (κ3) is 34.6. The lowest BCUT2D eigenvalue weighted by Crippen LogP contribution is -2.44. The van der Waals surface area contributed by atoms with Crippen LogP contribution in [-0.2, 0) is 9.47 Å². The molecule has 2 atom stereocenters. The van der Waals surface area contributed by atoms with E-state index < -0.39 is 0 Å². The quantitative estimate of drug-likeness (QED) is 0.0514. The third-order valence-electron chi connectivity index (χ3n) is 9.20. The Kier molecular flexibility index (Phi) is 39.9. The van der Waals surface area contributed by atoms with Crippen molar-refractivity contribution in [3.05, 3.63) is 24.3 Å². The normalized spacial score (nSPS) is 13.4. The van der Waals surface area contributed by atoms with E-state index in [4.69, 9.17) is 9.47 Å². The molecule has 4 nitrogen and oxygen atoms in total. The minimum atomic E-state index is 0.106. The van der Waals surface area contributed by atoms with Crippen LogP contribution in [0.3, 0.4) is 0 Å². The molecule has 0 aliphatic rings. The average molecular weight is 649 g/mol. The monoisotopic (exact) mass is 649 g/mol. The highest BCUT2D eigenvalue weighted by molar-refractivity contribution is 4.82. The van der Waals surface area contributed by atoms with Gasteiger partial charge in [-0.1, -0.05) is 154 Å². The molecule has 0 aromatic carbocycles. The van der Waals surface area contributed by atoms with Crippen molar-refractivity contribution < 1.29 is 9.47 Å². The van der Waals surface area contributed by atoms with Gasteiger partial charge in [-0.3, -0.25) is 0 Å². The fraction of sp³-hybridized carbons (Fsp3) is 0.905. The van der Waals surface area contributed by atoms with E-state index in [2.05, 4.69) is 48.8 Å². The van der Waals surface area contributed by atoms with Gasteiger partial charge in [0.25, 0.3) is 0 Å². The maximum absolute atomic E-state index is 6.36. The summed E-state index contributed by atoms with van der Waals surface area (Å²) < 4.78 is 12.7. The molecule has 0 rings (SSSR count). The predicted molar refractivity (Wildman–Crippen MR) is 206 cm³/mol. The Labute approximate surface area is 290 Å². The van der Waals surface area contributed by atoms with E-state index in [1.165, 1.54) is 167 Å². The second kappa shape index (κ2) is 40.5. The molecule has 0 fully saturated rings. The summed E-state index contributed by atoms with van der Waals surface area (Å²) in [4.78, 5) is 0. The molecular weight excluding hydrogens is 564 g/mol. The fourth-order valence-corrected chi connectivity index (χ4v) is 6.17. The Morgan fingerprint density at radius 1 is 0.370 bits per heavy atom. The highest BCUT2D eigenvalue weighted by atomic mass is 16.5. The van der Waals surface area contributed by atoms with Gasteiger partial charge in [0.2, 0.25) is 0 Å². The number of ether oxygens (including phenoxy) is 2. The van der Waals surface area contributed by atoms with Crippen molar-refractivity contribution in [3.63, 3.8) is 0 Å². The van der Waals surface area contributed by atoms with E-state index in [-0.39, 0.29) is 12.2 Å². The molecule has 46 heavy (non-hydrogen) atoms. The van der Waals surface area contributed by atoms with Crippen molar-refractivity contribution in [2.75, 3.05) is 40.4 Å². The average Bonchev–Trinajstić information content (AvgIpc) is 3.06. The van der Waals surface area contributed by atoms with E-state index in [0.29, 0.717) is 0 Å². The second-order valence-electron chi connectivity index (χ2n) is 13.8. The summed E-state index contributed by atoms with van der Waals surface area (Å²) in [7, 11) is 4.03. The maximum Gasteiger partial charge on any atom is 0.0972 e. The fourth-order valence-electron chi connectivity index (χ4n) is 6.17. The van der Waals surface area contributed by atoms with Crippen molar-refractivity contribution in [1.82, 2.24) is 10.6 Å². The molecule has 0 heterocycles. The van der Waals surface area contributed by atoms with Gasteiger partial charge in [0.1, 0.15) is 0 Å². The Morgan fingerprint density at radius 3 is 0.913 bits per heavy atom. The van der Waals surface area contributed by atoms with Gasteiger partial charge < -0.3 is 20.1 Å². The van der Waals surface area contributed by atoms with Crippen molar-refractivity contribution in [2.45, 2.75) is 206 Å². The van der Waals surface area contributed by atoms with Gasteiger partial charge in [0.15, 0.2) is 0 Å². The smallest absolute Gasteiger partial charge is 0.0972 e. The van der Waals surface area contributed by atoms with Crippen LogP contribution < -0.4 is 10.6 Å². The summed E-state index contributed by atoms with van der Waals surface area (Å²) in [6.45, 7) is 7.93. The molecule has 0 spiro atoms. The minimum Gasteiger partial charge on any atom is -0.374 e. The van der Waals surface area contributed by atoms with Crippen molar-refractivity contribution in [3.8, 4) is 0 Å². The molecule has 0 amide bonds. The topological polar surface area (TPSA) is 42.5 Å². The molecule has 0 aromatic rings. The lowest BCUT2D eigenvalue weighted by atomic mass is 10.1. The van der Waals surface area contributed by atoms with Crippen LogP contribution in [0.2, 0.25) is 0 Å². The van der Waals surface area contributed by atoms with Crippen LogP contribution in [0, 0.1) is 0 Å². The number of allylic oxidation sites excluding steroid dienone is 4. The summed E-state index contributed by atoms with van der Waals surface area (Å²) >= 11 is 0. The Morgan fingerprint density at radius 2 is 0.630 bits per heavy atom. The molecule has 0 saturated heterocycles. The Balaban J connectivity index is 3.77. The van der Waals surface area contributed by atoms with Crippen LogP contribution in [0.5, 0.6) is 0 Å². The summed E-state index contributed by atoms with van der Waals surface area (Å²) in [5.74, 6) is 0. The zero-order valence-corrected chi connectivity index (χ0v) is 31.9. The third-order valence-corrected chi connectivity index (χ3v) is 9.20. The van der Waals surface area contributed by atoms with Gasteiger partial charge >= 0.3 is 0 Å². The van der Waals surface area contributed by atoms with Gasteiger partial charge in [0.05, 0.1) is 12.2 Å². The predicted octanol–water partition coefficient (Wildman–Crippen LogP) is 12.3. The first-order valence-electron chi connectivity index (χ1n) is 20.6. The molecular formula is C42H84N2O2. The molecule has 0 saturated carbocycles. The second-order valence-corrected chi connectivity index (χ2v) is 13.8. The van der Waals surface area contributed by atoms with Gasteiger partial charge in [-0.2, -0.15) is 0 Å². The van der Waals surface area contributed by atoms with Crippen molar-refractivity contribution in [2.24, 2.45) is 0 Å². The van der Waals surface area contributed by atoms with Crippen molar-refractivity contribution >= 4 is 0 Å². The molecule has 0 aliphatic carbocycles. The lowest BCUT2D eigenvalue weighted by Gasteiger charge is -2.27. The van der Waals surface area contributed by atoms with E-state index in [0.717, 1.165) is 39.1 Å². The van der Waals surface area contributed by atoms with Crippen molar-refractivity contribution in [1.29, 1.82) is 0 Å². The Bertz CT molecular complexity index is 556. The van der Waals surface area contributed by atoms with Crippen LogP contribution in [-0.4, -0.2) is 52.6 Å². The van der Waals surface area contributed by atoms with Crippen LogP contribution in [0.4, 0.5) is 0 Å². The minimum absolute atomic E-state index is 0.106. The van der Waals surface area contributed by atoms with E-state index in [9.17, 15) is 0 Å². The summed E-state index contributed by atoms with van der Waals surface area (Å²) in [5, 5.41) is 6.66. The molecule has 0 radical (unpaired) electrons. The number of likely N-dealkylation sites (N-methyl/N-ethyl adjacent to an activating group) is 2. The van der Waals surface area contributed by atoms with E-state index in [1.807, 2.05) is 14.1 Å². The highest BCUT2D eigenvalue weighted by Gasteiger charge is 2.21. The molecule has 0 aliphatic heterocycles. The molecule has 274 valence electrons. The molecule has 2 unspecified atom stereocenters. The lowest BCUT2D eigenvalue weighted by molar-refractivity contribution is -0.0711. The van der Waals surface area contributed by atoms with Crippen LogP contribution in [0.15, 0.2) is 24.3 Å². The summed E-state index contributed by atoms with van der Waals surface area (Å²) in [5.41, 5.74) is 0. The van der Waals surface area contributed by atoms with E-state index in [1.54, 1.807) is 0 Å². The molecule has 0 bridgehead atoms. The zero-order valence-electron chi connectivity index (χ0n) is 31.9. The molecule has 4 heteroatoms. The number of hydrogen-bond acceptors (Lipinski definition) is 4. The zero-order chi connectivity index (χ0) is 33.4. The standard InChI is InChI=1S/C42H84N2O2/c1-5-7-9-11-13-15-17-19-21-23-25-27-29-31-33-35-37-45-41(39-43-3)42(40-44-4)46-38-36-34-32-30-28-26-24-22-20-18-16-14-12-10-8-6-2/h19-22,41-44H,5-18,23-40H2,1-4H3/b21-19-,22-20-. The van der Waals surface area contributed by atoms with Crippen LogP contribution in [0.25, 0.3) is 0 Å². The first-order chi connectivity index (χ1) is 22.8.